The first kappa shape index (κ1) is 15.5. The predicted octanol–water partition coefficient (Wildman–Crippen LogP) is 1.05. The summed E-state index contributed by atoms with van der Waals surface area (Å²) in [6.07, 6.45) is 5.01. The van der Waals surface area contributed by atoms with Crippen LogP contribution in [0.2, 0.25) is 0 Å². The van der Waals surface area contributed by atoms with Gasteiger partial charge in [-0.25, -0.2) is 4.98 Å². The lowest BCUT2D eigenvalue weighted by Crippen LogP contribution is -2.54. The van der Waals surface area contributed by atoms with E-state index in [-0.39, 0.29) is 6.10 Å². The van der Waals surface area contributed by atoms with E-state index in [2.05, 4.69) is 40.5 Å². The number of hydrogen-bond donors (Lipinski definition) is 1. The van der Waals surface area contributed by atoms with E-state index in [1.54, 1.807) is 0 Å². The Balaban J connectivity index is 2.02. The van der Waals surface area contributed by atoms with Crippen LogP contribution in [0.3, 0.4) is 0 Å². The Bertz CT molecular complexity index is 404. The maximum Gasteiger partial charge on any atom is 0.110 e. The van der Waals surface area contributed by atoms with Crippen LogP contribution in [0.25, 0.3) is 0 Å². The number of ether oxygens (including phenoxy) is 1. The summed E-state index contributed by atoms with van der Waals surface area (Å²) in [7, 11) is 2.05. The summed E-state index contributed by atoms with van der Waals surface area (Å²) in [4.78, 5) is 6.94. The number of aromatic nitrogens is 2. The predicted molar refractivity (Wildman–Crippen MR) is 80.8 cm³/mol. The van der Waals surface area contributed by atoms with Crippen LogP contribution in [0, 0.1) is 0 Å². The Morgan fingerprint density at radius 1 is 1.50 bits per heavy atom. The third-order valence-electron chi connectivity index (χ3n) is 4.09. The zero-order valence-corrected chi connectivity index (χ0v) is 13.2. The van der Waals surface area contributed by atoms with Crippen molar-refractivity contribution in [3.8, 4) is 0 Å². The minimum atomic E-state index is 0.239. The van der Waals surface area contributed by atoms with Gasteiger partial charge in [0.1, 0.15) is 5.82 Å². The van der Waals surface area contributed by atoms with Crippen molar-refractivity contribution in [3.63, 3.8) is 0 Å². The molecule has 2 rings (SSSR count). The van der Waals surface area contributed by atoms with Crippen LogP contribution < -0.4 is 5.32 Å². The first-order valence-electron chi connectivity index (χ1n) is 7.67. The number of imidazole rings is 1. The van der Waals surface area contributed by atoms with Crippen LogP contribution >= 0.6 is 0 Å². The fraction of sp³-hybridized carbons (Fsp3) is 0.800. The van der Waals surface area contributed by atoms with E-state index in [4.69, 9.17) is 4.74 Å². The number of morpholine rings is 1. The molecule has 1 aliphatic heterocycles. The van der Waals surface area contributed by atoms with E-state index in [1.165, 1.54) is 0 Å². The van der Waals surface area contributed by atoms with E-state index < -0.39 is 0 Å². The van der Waals surface area contributed by atoms with Crippen molar-refractivity contribution in [1.82, 2.24) is 19.8 Å². The average molecular weight is 280 g/mol. The maximum atomic E-state index is 6.02. The first-order chi connectivity index (χ1) is 9.61. The second kappa shape index (κ2) is 7.20. The molecule has 1 aromatic rings. The van der Waals surface area contributed by atoms with E-state index in [9.17, 15) is 0 Å². The first-order valence-corrected chi connectivity index (χ1v) is 7.67. The summed E-state index contributed by atoms with van der Waals surface area (Å²) in [6, 6.07) is 0.902. The Morgan fingerprint density at radius 3 is 2.90 bits per heavy atom. The molecule has 0 amide bonds. The van der Waals surface area contributed by atoms with Gasteiger partial charge >= 0.3 is 0 Å². The molecule has 2 unspecified atom stereocenters. The van der Waals surface area contributed by atoms with E-state index in [0.717, 1.165) is 38.5 Å². The summed E-state index contributed by atoms with van der Waals surface area (Å²) in [5, 5.41) is 3.57. The lowest BCUT2D eigenvalue weighted by molar-refractivity contribution is -0.0553. The summed E-state index contributed by atoms with van der Waals surface area (Å²) in [5.74, 6) is 1.11. The van der Waals surface area contributed by atoms with Gasteiger partial charge in [-0.1, -0.05) is 6.92 Å². The molecule has 5 heteroatoms. The minimum Gasteiger partial charge on any atom is -0.374 e. The lowest BCUT2D eigenvalue weighted by atomic mass is 10.0. The average Bonchev–Trinajstić information content (AvgIpc) is 2.84. The quantitative estimate of drug-likeness (QED) is 0.846. The van der Waals surface area contributed by atoms with Crippen LogP contribution in [0.1, 0.15) is 26.6 Å². The van der Waals surface area contributed by atoms with Crippen molar-refractivity contribution < 1.29 is 4.74 Å². The van der Waals surface area contributed by atoms with Crippen molar-refractivity contribution in [2.45, 2.75) is 45.4 Å². The van der Waals surface area contributed by atoms with Gasteiger partial charge in [0.15, 0.2) is 0 Å². The molecule has 0 aromatic carbocycles. The van der Waals surface area contributed by atoms with Crippen LogP contribution in [-0.2, 0) is 18.2 Å². The molecule has 0 spiro atoms. The molecule has 1 saturated heterocycles. The normalized spacial score (nSPS) is 22.4. The molecular formula is C15H28N4O. The van der Waals surface area contributed by atoms with Crippen molar-refractivity contribution in [1.29, 1.82) is 0 Å². The monoisotopic (exact) mass is 280 g/mol. The molecule has 114 valence electrons. The van der Waals surface area contributed by atoms with Crippen LogP contribution in [-0.4, -0.2) is 58.9 Å². The van der Waals surface area contributed by atoms with Gasteiger partial charge in [-0.2, -0.15) is 0 Å². The Kier molecular flexibility index (Phi) is 5.57. The zero-order chi connectivity index (χ0) is 14.5. The lowest BCUT2D eigenvalue weighted by Gasteiger charge is -2.39. The molecule has 1 aromatic heterocycles. The Morgan fingerprint density at radius 2 is 2.30 bits per heavy atom. The van der Waals surface area contributed by atoms with E-state index in [1.807, 2.05) is 19.4 Å². The largest absolute Gasteiger partial charge is 0.374 e. The van der Waals surface area contributed by atoms with Gasteiger partial charge in [-0.15, -0.1) is 0 Å². The van der Waals surface area contributed by atoms with Crippen LogP contribution in [0.15, 0.2) is 12.4 Å². The fourth-order valence-electron chi connectivity index (χ4n) is 2.80. The molecule has 0 aliphatic carbocycles. The molecule has 1 fully saturated rings. The Hall–Kier alpha value is -0.910. The molecule has 2 heterocycles. The third kappa shape index (κ3) is 3.81. The van der Waals surface area contributed by atoms with Crippen molar-refractivity contribution in [2.75, 3.05) is 26.2 Å². The van der Waals surface area contributed by atoms with Gasteiger partial charge < -0.3 is 14.6 Å². The summed E-state index contributed by atoms with van der Waals surface area (Å²) < 4.78 is 8.11. The summed E-state index contributed by atoms with van der Waals surface area (Å²) in [6.45, 7) is 10.5. The number of aryl methyl sites for hydroxylation is 1. The molecule has 2 atom stereocenters. The van der Waals surface area contributed by atoms with Crippen molar-refractivity contribution >= 4 is 0 Å². The number of rotatable bonds is 6. The molecule has 0 saturated carbocycles. The fourth-order valence-corrected chi connectivity index (χ4v) is 2.80. The highest BCUT2D eigenvalue weighted by Crippen LogP contribution is 2.14. The molecule has 0 bridgehead atoms. The number of nitrogens with zero attached hydrogens (tertiary/aromatic N) is 3. The second-order valence-corrected chi connectivity index (χ2v) is 5.82. The standard InChI is InChI=1S/C15H28N4O/c1-5-16-13(10-15-17-6-7-18(15)4)14-11-19(12(2)3)8-9-20-14/h6-7,12-14,16H,5,8-11H2,1-4H3. The molecule has 1 aliphatic rings. The Labute approximate surface area is 122 Å². The highest BCUT2D eigenvalue weighted by molar-refractivity contribution is 4.97. The highest BCUT2D eigenvalue weighted by Gasteiger charge is 2.29. The number of hydrogen-bond acceptors (Lipinski definition) is 4. The molecular weight excluding hydrogens is 252 g/mol. The summed E-state index contributed by atoms with van der Waals surface area (Å²) in [5.41, 5.74) is 0. The maximum absolute atomic E-state index is 6.02. The number of nitrogens with one attached hydrogen (secondary N) is 1. The van der Waals surface area contributed by atoms with Crippen LogP contribution in [0.5, 0.6) is 0 Å². The summed E-state index contributed by atoms with van der Waals surface area (Å²) >= 11 is 0. The zero-order valence-electron chi connectivity index (χ0n) is 13.2. The van der Waals surface area contributed by atoms with E-state index >= 15 is 0 Å². The second-order valence-electron chi connectivity index (χ2n) is 5.82. The van der Waals surface area contributed by atoms with Crippen molar-refractivity contribution in [2.24, 2.45) is 7.05 Å². The van der Waals surface area contributed by atoms with Gasteiger partial charge in [0.05, 0.1) is 12.7 Å². The van der Waals surface area contributed by atoms with Gasteiger partial charge in [0.2, 0.25) is 0 Å². The van der Waals surface area contributed by atoms with Gasteiger partial charge in [-0.3, -0.25) is 4.90 Å². The van der Waals surface area contributed by atoms with Gasteiger partial charge in [0, 0.05) is 51.0 Å². The SMILES string of the molecule is CCNC(Cc1nccn1C)C1CN(C(C)C)CCO1. The van der Waals surface area contributed by atoms with Crippen LogP contribution in [0.4, 0.5) is 0 Å². The highest BCUT2D eigenvalue weighted by atomic mass is 16.5. The molecule has 0 radical (unpaired) electrons. The molecule has 1 N–H and O–H groups in total. The minimum absolute atomic E-state index is 0.239. The van der Waals surface area contributed by atoms with Gasteiger partial charge in [-0.05, 0) is 20.4 Å². The molecule has 20 heavy (non-hydrogen) atoms. The number of likely N-dealkylation sites (N-methyl/N-ethyl adjacent to an activating group) is 1. The smallest absolute Gasteiger partial charge is 0.110 e. The topological polar surface area (TPSA) is 42.3 Å². The third-order valence-corrected chi connectivity index (χ3v) is 4.09. The van der Waals surface area contributed by atoms with Crippen molar-refractivity contribution in [3.05, 3.63) is 18.2 Å². The van der Waals surface area contributed by atoms with Gasteiger partial charge in [0.25, 0.3) is 0 Å². The van der Waals surface area contributed by atoms with E-state index in [0.29, 0.717) is 12.1 Å². The molecule has 5 nitrogen and oxygen atoms in total.